The summed E-state index contributed by atoms with van der Waals surface area (Å²) in [6.07, 6.45) is 4.11. The highest BCUT2D eigenvalue weighted by atomic mass is 35.5. The number of ether oxygens (including phenoxy) is 2. The molecule has 8 heteroatoms. The number of hydrogen-bond donors (Lipinski definition) is 1. The van der Waals surface area contributed by atoms with Crippen molar-refractivity contribution in [1.29, 1.82) is 0 Å². The quantitative estimate of drug-likeness (QED) is 0.419. The number of carbonyl (C=O) groups is 3. The standard InChI is InChI=1S/C32H35ClN2O5/c1-5-39-27-16-20(15-21(33)32(27)40-17-28(38)34-22-10-6-9-18(2)19(22)3)29-30-23(11-7-13-25(30)36)35(4)24-12-8-14-26(37)31(24)29/h6,9-10,15-16,29H,5,7-8,11-14,17H2,1-4H3,(H,34,38). The molecule has 0 atom stereocenters. The fourth-order valence-corrected chi connectivity index (χ4v) is 6.33. The molecule has 210 valence electrons. The second-order valence-electron chi connectivity index (χ2n) is 10.6. The van der Waals surface area contributed by atoms with Gasteiger partial charge in [-0.05, 0) is 81.3 Å². The topological polar surface area (TPSA) is 84.9 Å². The number of nitrogens with zero attached hydrogens (tertiary/aromatic N) is 1. The van der Waals surface area contributed by atoms with Crippen molar-refractivity contribution in [2.24, 2.45) is 0 Å². The molecule has 0 radical (unpaired) electrons. The fourth-order valence-electron chi connectivity index (χ4n) is 6.05. The molecule has 3 aliphatic rings. The largest absolute Gasteiger partial charge is 0.490 e. The molecule has 0 saturated carbocycles. The van der Waals surface area contributed by atoms with E-state index in [2.05, 4.69) is 10.2 Å². The Kier molecular flexibility index (Phi) is 8.04. The first-order valence-corrected chi connectivity index (χ1v) is 14.3. The number of rotatable bonds is 7. The minimum absolute atomic E-state index is 0.0699. The first kappa shape index (κ1) is 28.0. The summed E-state index contributed by atoms with van der Waals surface area (Å²) < 4.78 is 11.8. The average Bonchev–Trinajstić information content (AvgIpc) is 2.92. The Bertz CT molecular complexity index is 1410. The monoisotopic (exact) mass is 562 g/mol. The van der Waals surface area contributed by atoms with Crippen LogP contribution < -0.4 is 14.8 Å². The van der Waals surface area contributed by atoms with Gasteiger partial charge in [-0.2, -0.15) is 0 Å². The highest BCUT2D eigenvalue weighted by Crippen LogP contribution is 2.50. The van der Waals surface area contributed by atoms with Crippen molar-refractivity contribution in [2.75, 3.05) is 25.6 Å². The highest BCUT2D eigenvalue weighted by molar-refractivity contribution is 6.32. The Hall–Kier alpha value is -3.58. The average molecular weight is 563 g/mol. The lowest BCUT2D eigenvalue weighted by Gasteiger charge is -2.42. The molecular weight excluding hydrogens is 528 g/mol. The van der Waals surface area contributed by atoms with E-state index in [0.717, 1.165) is 59.5 Å². The van der Waals surface area contributed by atoms with E-state index in [4.69, 9.17) is 21.1 Å². The van der Waals surface area contributed by atoms with E-state index in [-0.39, 0.29) is 34.9 Å². The minimum atomic E-state index is -0.500. The zero-order chi connectivity index (χ0) is 28.6. The van der Waals surface area contributed by atoms with Crippen LogP contribution in [0.15, 0.2) is 52.9 Å². The van der Waals surface area contributed by atoms with E-state index < -0.39 is 5.92 Å². The summed E-state index contributed by atoms with van der Waals surface area (Å²) in [5.74, 6) is -0.0537. The molecule has 0 aromatic heterocycles. The van der Waals surface area contributed by atoms with Crippen molar-refractivity contribution in [3.63, 3.8) is 0 Å². The van der Waals surface area contributed by atoms with Crippen molar-refractivity contribution in [3.05, 3.63) is 74.6 Å². The lowest BCUT2D eigenvalue weighted by atomic mass is 9.71. The SMILES string of the molecule is CCOc1cc(C2C3=C(CCCC3=O)N(C)C3=C2C(=O)CCC3)cc(Cl)c1OCC(=O)Nc1cccc(C)c1C. The number of hydrogen-bond acceptors (Lipinski definition) is 6. The molecule has 0 bridgehead atoms. The van der Waals surface area contributed by atoms with E-state index in [1.807, 2.05) is 52.1 Å². The number of benzene rings is 2. The summed E-state index contributed by atoms with van der Waals surface area (Å²) in [6, 6.07) is 9.28. The van der Waals surface area contributed by atoms with Gasteiger partial charge in [0.15, 0.2) is 29.7 Å². The molecule has 1 aliphatic heterocycles. The van der Waals surface area contributed by atoms with Crippen LogP contribution in [0, 0.1) is 13.8 Å². The zero-order valence-electron chi connectivity index (χ0n) is 23.5. The van der Waals surface area contributed by atoms with Crippen molar-refractivity contribution in [1.82, 2.24) is 4.90 Å². The number of Topliss-reactive ketones (excluding diaryl/α,β-unsaturated/α-hetero) is 2. The van der Waals surface area contributed by atoms with E-state index in [0.29, 0.717) is 36.3 Å². The number of halogens is 1. The molecule has 2 aliphatic carbocycles. The molecular formula is C32H35ClN2O5. The third-order valence-electron chi connectivity index (χ3n) is 8.14. The summed E-state index contributed by atoms with van der Waals surface area (Å²) in [4.78, 5) is 41.5. The van der Waals surface area contributed by atoms with Crippen LogP contribution in [-0.4, -0.2) is 42.6 Å². The number of amides is 1. The first-order chi connectivity index (χ1) is 19.2. The molecule has 2 aromatic carbocycles. The van der Waals surface area contributed by atoms with Crippen LogP contribution in [0.25, 0.3) is 0 Å². The van der Waals surface area contributed by atoms with Gasteiger partial charge in [0, 0.05) is 54.0 Å². The lowest BCUT2D eigenvalue weighted by Crippen LogP contribution is -2.37. The molecule has 0 fully saturated rings. The molecule has 1 amide bonds. The highest BCUT2D eigenvalue weighted by Gasteiger charge is 2.42. The summed E-state index contributed by atoms with van der Waals surface area (Å²) in [5, 5.41) is 3.15. The normalized spacial score (nSPS) is 17.6. The molecule has 7 nitrogen and oxygen atoms in total. The van der Waals surface area contributed by atoms with Crippen LogP contribution in [0.5, 0.6) is 11.5 Å². The van der Waals surface area contributed by atoms with Crippen LogP contribution in [-0.2, 0) is 14.4 Å². The van der Waals surface area contributed by atoms with Crippen LogP contribution in [0.4, 0.5) is 5.69 Å². The Morgan fingerprint density at radius 1 is 1.00 bits per heavy atom. The number of allylic oxidation sites excluding steroid dienone is 4. The van der Waals surface area contributed by atoms with Crippen LogP contribution in [0.1, 0.15) is 68.1 Å². The predicted octanol–water partition coefficient (Wildman–Crippen LogP) is 6.42. The van der Waals surface area contributed by atoms with Crippen molar-refractivity contribution in [3.8, 4) is 11.5 Å². The van der Waals surface area contributed by atoms with Gasteiger partial charge in [-0.3, -0.25) is 14.4 Å². The number of carbonyl (C=O) groups excluding carboxylic acids is 3. The van der Waals surface area contributed by atoms with Crippen LogP contribution in [0.2, 0.25) is 5.02 Å². The molecule has 0 spiro atoms. The van der Waals surface area contributed by atoms with Crippen LogP contribution >= 0.6 is 11.6 Å². The molecule has 0 saturated heterocycles. The van der Waals surface area contributed by atoms with Gasteiger partial charge in [0.2, 0.25) is 0 Å². The van der Waals surface area contributed by atoms with Gasteiger partial charge in [0.05, 0.1) is 11.6 Å². The van der Waals surface area contributed by atoms with Gasteiger partial charge in [-0.25, -0.2) is 0 Å². The second kappa shape index (κ2) is 11.5. The van der Waals surface area contributed by atoms with Crippen LogP contribution in [0.3, 0.4) is 0 Å². The van der Waals surface area contributed by atoms with Crippen molar-refractivity contribution < 1.29 is 23.9 Å². The molecule has 40 heavy (non-hydrogen) atoms. The zero-order valence-corrected chi connectivity index (χ0v) is 24.2. The van der Waals surface area contributed by atoms with E-state index >= 15 is 0 Å². The van der Waals surface area contributed by atoms with Crippen molar-refractivity contribution >= 4 is 34.8 Å². The van der Waals surface area contributed by atoms with E-state index in [1.54, 1.807) is 6.07 Å². The predicted molar refractivity (Wildman–Crippen MR) is 155 cm³/mol. The molecule has 5 rings (SSSR count). The summed E-state index contributed by atoms with van der Waals surface area (Å²) >= 11 is 6.78. The molecule has 1 heterocycles. The minimum Gasteiger partial charge on any atom is -0.490 e. The Morgan fingerprint density at radius 3 is 2.27 bits per heavy atom. The van der Waals surface area contributed by atoms with E-state index in [9.17, 15) is 14.4 Å². The lowest BCUT2D eigenvalue weighted by molar-refractivity contribution is -0.118. The van der Waals surface area contributed by atoms with E-state index in [1.165, 1.54) is 0 Å². The van der Waals surface area contributed by atoms with Gasteiger partial charge >= 0.3 is 0 Å². The number of ketones is 2. The summed E-state index contributed by atoms with van der Waals surface area (Å²) in [7, 11) is 1.97. The fraction of sp³-hybridized carbons (Fsp3) is 0.406. The molecule has 0 unspecified atom stereocenters. The Balaban J connectivity index is 1.49. The maximum Gasteiger partial charge on any atom is 0.262 e. The number of aryl methyl sites for hydroxylation is 1. The second-order valence-corrected chi connectivity index (χ2v) is 11.0. The van der Waals surface area contributed by atoms with Crippen molar-refractivity contribution in [2.45, 2.75) is 65.2 Å². The first-order valence-electron chi connectivity index (χ1n) is 13.9. The summed E-state index contributed by atoms with van der Waals surface area (Å²) in [6.45, 7) is 5.87. The number of nitrogens with one attached hydrogen (secondary N) is 1. The Morgan fingerprint density at radius 2 is 1.65 bits per heavy atom. The maximum absolute atomic E-state index is 13.3. The third kappa shape index (κ3) is 5.15. The Labute approximate surface area is 240 Å². The maximum atomic E-state index is 13.3. The van der Waals surface area contributed by atoms with Gasteiger partial charge in [-0.15, -0.1) is 0 Å². The third-order valence-corrected chi connectivity index (χ3v) is 8.42. The molecule has 1 N–H and O–H groups in total. The van der Waals surface area contributed by atoms with Gasteiger partial charge in [0.25, 0.3) is 5.91 Å². The van der Waals surface area contributed by atoms with Gasteiger partial charge in [-0.1, -0.05) is 23.7 Å². The smallest absolute Gasteiger partial charge is 0.262 e. The van der Waals surface area contributed by atoms with Gasteiger partial charge in [0.1, 0.15) is 0 Å². The summed E-state index contributed by atoms with van der Waals surface area (Å²) in [5.41, 5.74) is 6.87. The van der Waals surface area contributed by atoms with Gasteiger partial charge < -0.3 is 19.7 Å². The number of anilines is 1. The molecule has 2 aromatic rings.